The van der Waals surface area contributed by atoms with Gasteiger partial charge in [-0.1, -0.05) is 29.8 Å². The van der Waals surface area contributed by atoms with Crippen LogP contribution in [0.25, 0.3) is 0 Å². The second-order valence-corrected chi connectivity index (χ2v) is 4.24. The van der Waals surface area contributed by atoms with Crippen LogP contribution in [0, 0.1) is 12.8 Å². The van der Waals surface area contributed by atoms with E-state index in [0.717, 1.165) is 5.56 Å². The Morgan fingerprint density at radius 3 is 2.47 bits per heavy atom. The quantitative estimate of drug-likeness (QED) is 0.604. The van der Waals surface area contributed by atoms with Crippen molar-refractivity contribution >= 4 is 5.97 Å². The molecule has 0 amide bonds. The fourth-order valence-corrected chi connectivity index (χ4v) is 1.68. The molecule has 0 radical (unpaired) electrons. The normalized spacial score (nSPS) is 14.1. The topological polar surface area (TPSA) is 58.6 Å². The van der Waals surface area contributed by atoms with Crippen molar-refractivity contribution in [2.45, 2.75) is 26.3 Å². The zero-order chi connectivity index (χ0) is 12.8. The Kier molecular flexibility index (Phi) is 5.12. The molecule has 94 valence electrons. The standard InChI is InChI=1S/C13H19NO3/c1-9-4-6-11(7-5-9)8-12(10(2)14-16)13(15)17-3/h4-7,10,12,14,16H,8H2,1-3H3. The fourth-order valence-electron chi connectivity index (χ4n) is 1.68. The highest BCUT2D eigenvalue weighted by Crippen LogP contribution is 2.15. The second-order valence-electron chi connectivity index (χ2n) is 4.24. The van der Waals surface area contributed by atoms with Crippen LogP contribution in [-0.2, 0) is 16.0 Å². The van der Waals surface area contributed by atoms with Crippen LogP contribution in [0.5, 0.6) is 0 Å². The summed E-state index contributed by atoms with van der Waals surface area (Å²) in [5.74, 6) is -0.715. The SMILES string of the molecule is COC(=O)C(Cc1ccc(C)cc1)C(C)NO. The van der Waals surface area contributed by atoms with Gasteiger partial charge in [-0.3, -0.25) is 4.79 Å². The van der Waals surface area contributed by atoms with E-state index in [2.05, 4.69) is 5.48 Å². The molecule has 4 nitrogen and oxygen atoms in total. The number of rotatable bonds is 5. The molecule has 0 bridgehead atoms. The summed E-state index contributed by atoms with van der Waals surface area (Å²) in [6.07, 6.45) is 0.543. The van der Waals surface area contributed by atoms with Gasteiger partial charge < -0.3 is 9.94 Å². The lowest BCUT2D eigenvalue weighted by Gasteiger charge is -2.20. The molecule has 0 aliphatic carbocycles. The van der Waals surface area contributed by atoms with Gasteiger partial charge in [-0.05, 0) is 25.8 Å². The smallest absolute Gasteiger partial charge is 0.310 e. The van der Waals surface area contributed by atoms with Gasteiger partial charge in [0.1, 0.15) is 0 Å². The summed E-state index contributed by atoms with van der Waals surface area (Å²) < 4.78 is 4.74. The van der Waals surface area contributed by atoms with E-state index < -0.39 is 5.92 Å². The number of carbonyl (C=O) groups excluding carboxylic acids is 1. The van der Waals surface area contributed by atoms with Crippen LogP contribution < -0.4 is 5.48 Å². The molecule has 0 fully saturated rings. The number of nitrogens with one attached hydrogen (secondary N) is 1. The first-order chi connectivity index (χ1) is 8.08. The number of hydrogen-bond donors (Lipinski definition) is 2. The van der Waals surface area contributed by atoms with Crippen molar-refractivity contribution < 1.29 is 14.7 Å². The first-order valence-electron chi connectivity index (χ1n) is 5.61. The van der Waals surface area contributed by atoms with Crippen molar-refractivity contribution in [3.8, 4) is 0 Å². The molecule has 0 heterocycles. The van der Waals surface area contributed by atoms with Gasteiger partial charge in [-0.2, -0.15) is 0 Å². The van der Waals surface area contributed by atoms with Gasteiger partial charge in [-0.25, -0.2) is 5.48 Å². The zero-order valence-electron chi connectivity index (χ0n) is 10.4. The fraction of sp³-hybridized carbons (Fsp3) is 0.462. The first kappa shape index (κ1) is 13.7. The molecule has 1 aromatic rings. The third-order valence-electron chi connectivity index (χ3n) is 2.89. The van der Waals surface area contributed by atoms with Crippen LogP contribution >= 0.6 is 0 Å². The van der Waals surface area contributed by atoms with Crippen molar-refractivity contribution in [2.24, 2.45) is 5.92 Å². The molecule has 2 atom stereocenters. The predicted molar refractivity (Wildman–Crippen MR) is 64.8 cm³/mol. The molecule has 0 aromatic heterocycles. The summed E-state index contributed by atoms with van der Waals surface area (Å²) in [5.41, 5.74) is 4.34. The summed E-state index contributed by atoms with van der Waals surface area (Å²) in [5, 5.41) is 8.91. The second kappa shape index (κ2) is 6.37. The molecule has 4 heteroatoms. The Hall–Kier alpha value is -1.39. The minimum Gasteiger partial charge on any atom is -0.469 e. The number of hydrogen-bond acceptors (Lipinski definition) is 4. The maximum Gasteiger partial charge on any atom is 0.310 e. The van der Waals surface area contributed by atoms with E-state index >= 15 is 0 Å². The van der Waals surface area contributed by atoms with Crippen molar-refractivity contribution in [3.05, 3.63) is 35.4 Å². The van der Waals surface area contributed by atoms with E-state index in [-0.39, 0.29) is 12.0 Å². The summed E-state index contributed by atoms with van der Waals surface area (Å²) in [6, 6.07) is 7.62. The lowest BCUT2D eigenvalue weighted by molar-refractivity contribution is -0.147. The monoisotopic (exact) mass is 237 g/mol. The Labute approximate surface area is 102 Å². The highest BCUT2D eigenvalue weighted by molar-refractivity contribution is 5.73. The minimum atomic E-state index is -0.396. The van der Waals surface area contributed by atoms with E-state index in [1.807, 2.05) is 31.2 Å². The van der Waals surface area contributed by atoms with Crippen LogP contribution in [-0.4, -0.2) is 24.3 Å². The Balaban J connectivity index is 2.78. The van der Waals surface area contributed by atoms with Gasteiger partial charge in [0.25, 0.3) is 0 Å². The molecule has 2 unspecified atom stereocenters. The third-order valence-corrected chi connectivity index (χ3v) is 2.89. The van der Waals surface area contributed by atoms with Crippen molar-refractivity contribution in [3.63, 3.8) is 0 Å². The third kappa shape index (κ3) is 3.84. The van der Waals surface area contributed by atoms with Gasteiger partial charge in [0.05, 0.1) is 13.0 Å². The molecular weight excluding hydrogens is 218 g/mol. The summed E-state index contributed by atoms with van der Waals surface area (Å²) in [4.78, 5) is 11.6. The summed E-state index contributed by atoms with van der Waals surface area (Å²) in [7, 11) is 1.36. The number of aryl methyl sites for hydroxylation is 1. The predicted octanol–water partition coefficient (Wildman–Crippen LogP) is 1.69. The number of benzene rings is 1. The first-order valence-corrected chi connectivity index (χ1v) is 5.61. The average molecular weight is 237 g/mol. The largest absolute Gasteiger partial charge is 0.469 e. The van der Waals surface area contributed by atoms with Gasteiger partial charge in [-0.15, -0.1) is 0 Å². The van der Waals surface area contributed by atoms with E-state index in [9.17, 15) is 4.79 Å². The summed E-state index contributed by atoms with van der Waals surface area (Å²) >= 11 is 0. The number of hydroxylamine groups is 1. The molecule has 0 aliphatic heterocycles. The molecule has 0 saturated carbocycles. The Morgan fingerprint density at radius 1 is 1.41 bits per heavy atom. The van der Waals surface area contributed by atoms with Gasteiger partial charge in [0, 0.05) is 6.04 Å². The van der Waals surface area contributed by atoms with E-state index in [0.29, 0.717) is 6.42 Å². The van der Waals surface area contributed by atoms with Crippen LogP contribution in [0.1, 0.15) is 18.1 Å². The van der Waals surface area contributed by atoms with Crippen LogP contribution in [0.3, 0.4) is 0 Å². The highest BCUT2D eigenvalue weighted by atomic mass is 16.5. The maximum atomic E-state index is 11.6. The van der Waals surface area contributed by atoms with Gasteiger partial charge >= 0.3 is 5.97 Å². The van der Waals surface area contributed by atoms with Gasteiger partial charge in [0.2, 0.25) is 0 Å². The number of carbonyl (C=O) groups is 1. The van der Waals surface area contributed by atoms with Crippen LogP contribution in [0.15, 0.2) is 24.3 Å². The van der Waals surface area contributed by atoms with E-state index in [4.69, 9.17) is 9.94 Å². The van der Waals surface area contributed by atoms with E-state index in [1.165, 1.54) is 12.7 Å². The number of ether oxygens (including phenoxy) is 1. The molecule has 0 saturated heterocycles. The molecule has 17 heavy (non-hydrogen) atoms. The number of esters is 1. The van der Waals surface area contributed by atoms with Crippen LogP contribution in [0.4, 0.5) is 0 Å². The van der Waals surface area contributed by atoms with Crippen LogP contribution in [0.2, 0.25) is 0 Å². The lowest BCUT2D eigenvalue weighted by Crippen LogP contribution is -2.38. The summed E-state index contributed by atoms with van der Waals surface area (Å²) in [6.45, 7) is 3.76. The Bertz CT molecular complexity index is 361. The highest BCUT2D eigenvalue weighted by Gasteiger charge is 2.25. The molecule has 0 aliphatic rings. The molecule has 2 N–H and O–H groups in total. The molecule has 0 spiro atoms. The molecular formula is C13H19NO3. The van der Waals surface area contributed by atoms with E-state index in [1.54, 1.807) is 6.92 Å². The van der Waals surface area contributed by atoms with Crippen molar-refractivity contribution in [2.75, 3.05) is 7.11 Å². The van der Waals surface area contributed by atoms with Crippen molar-refractivity contribution in [1.82, 2.24) is 5.48 Å². The zero-order valence-corrected chi connectivity index (χ0v) is 10.4. The van der Waals surface area contributed by atoms with Crippen molar-refractivity contribution in [1.29, 1.82) is 0 Å². The maximum absolute atomic E-state index is 11.6. The molecule has 1 rings (SSSR count). The lowest BCUT2D eigenvalue weighted by atomic mass is 9.93. The molecule has 1 aromatic carbocycles. The van der Waals surface area contributed by atoms with Gasteiger partial charge in [0.15, 0.2) is 0 Å². The number of methoxy groups -OCH3 is 1. The average Bonchev–Trinajstić information content (AvgIpc) is 2.36. The minimum absolute atomic E-state index is 0.320. The Morgan fingerprint density at radius 2 is 2.00 bits per heavy atom.